The average Bonchev–Trinajstić information content (AvgIpc) is 2.38. The first kappa shape index (κ1) is 21.1. The number of carbonyl (C=O) groups is 2. The smallest absolute Gasteiger partial charge is 0.408 e. The predicted octanol–water partition coefficient (Wildman–Crippen LogP) is 3.70. The third-order valence-corrected chi connectivity index (χ3v) is 3.21. The number of esters is 1. The van der Waals surface area contributed by atoms with Crippen molar-refractivity contribution in [3.8, 4) is 0 Å². The van der Waals surface area contributed by atoms with Crippen LogP contribution in [0.5, 0.6) is 0 Å². The summed E-state index contributed by atoms with van der Waals surface area (Å²) in [5.74, 6) is -0.550. The van der Waals surface area contributed by atoms with Crippen molar-refractivity contribution in [1.29, 1.82) is 0 Å². The van der Waals surface area contributed by atoms with Crippen LogP contribution >= 0.6 is 11.6 Å². The standard InChI is InChI=1S/C18H27ClN2O4/c1-17(2,3)24-15(22)14(21-16(23)25-18(4,5)6)10-11-7-8-13(20)12(19)9-11/h7-9,14H,10,20H2,1-6H3,(H,21,23)/t14-/m0/s1. The van der Waals surface area contributed by atoms with Crippen LogP contribution in [0.2, 0.25) is 5.02 Å². The lowest BCUT2D eigenvalue weighted by Crippen LogP contribution is -2.47. The molecule has 0 aliphatic carbocycles. The molecule has 1 rings (SSSR count). The minimum absolute atomic E-state index is 0.203. The van der Waals surface area contributed by atoms with E-state index in [1.807, 2.05) is 0 Å². The van der Waals surface area contributed by atoms with E-state index in [9.17, 15) is 9.59 Å². The highest BCUT2D eigenvalue weighted by Crippen LogP contribution is 2.21. The topological polar surface area (TPSA) is 90.6 Å². The minimum Gasteiger partial charge on any atom is -0.458 e. The summed E-state index contributed by atoms with van der Waals surface area (Å²) in [6.07, 6.45) is -0.487. The Morgan fingerprint density at radius 3 is 2.16 bits per heavy atom. The van der Waals surface area contributed by atoms with Crippen molar-refractivity contribution in [3.05, 3.63) is 28.8 Å². The Kier molecular flexibility index (Phi) is 6.71. The molecule has 0 heterocycles. The third kappa shape index (κ3) is 8.12. The number of nitrogen functional groups attached to an aromatic ring is 1. The van der Waals surface area contributed by atoms with E-state index in [4.69, 9.17) is 26.8 Å². The summed E-state index contributed by atoms with van der Waals surface area (Å²) in [6.45, 7) is 10.5. The molecule has 0 bridgehead atoms. The second kappa shape index (κ2) is 7.95. The van der Waals surface area contributed by atoms with E-state index in [1.54, 1.807) is 59.7 Å². The second-order valence-corrected chi connectivity index (χ2v) is 8.20. The van der Waals surface area contributed by atoms with Gasteiger partial charge in [-0.1, -0.05) is 17.7 Å². The van der Waals surface area contributed by atoms with Crippen molar-refractivity contribution in [1.82, 2.24) is 5.32 Å². The second-order valence-electron chi connectivity index (χ2n) is 7.79. The molecule has 0 aliphatic heterocycles. The Morgan fingerprint density at radius 1 is 1.12 bits per heavy atom. The lowest BCUT2D eigenvalue weighted by atomic mass is 10.1. The number of carbonyl (C=O) groups excluding carboxylic acids is 2. The number of rotatable bonds is 4. The maximum absolute atomic E-state index is 12.5. The van der Waals surface area contributed by atoms with Crippen molar-refractivity contribution in [2.75, 3.05) is 5.73 Å². The lowest BCUT2D eigenvalue weighted by Gasteiger charge is -2.26. The molecule has 6 nitrogen and oxygen atoms in total. The Morgan fingerprint density at radius 2 is 1.68 bits per heavy atom. The molecule has 1 aromatic carbocycles. The summed E-state index contributed by atoms with van der Waals surface area (Å²) in [5.41, 5.74) is 5.53. The molecule has 140 valence electrons. The van der Waals surface area contributed by atoms with Crippen molar-refractivity contribution >= 4 is 29.4 Å². The normalized spacial score (nSPS) is 13.1. The van der Waals surface area contributed by atoms with E-state index in [-0.39, 0.29) is 6.42 Å². The van der Waals surface area contributed by atoms with Gasteiger partial charge in [-0.15, -0.1) is 0 Å². The molecule has 0 spiro atoms. The monoisotopic (exact) mass is 370 g/mol. The van der Waals surface area contributed by atoms with Gasteiger partial charge in [0, 0.05) is 6.42 Å². The van der Waals surface area contributed by atoms with E-state index in [1.165, 1.54) is 0 Å². The molecule has 1 aromatic rings. The molecular weight excluding hydrogens is 344 g/mol. The van der Waals surface area contributed by atoms with Gasteiger partial charge in [0.2, 0.25) is 0 Å². The highest BCUT2D eigenvalue weighted by atomic mass is 35.5. The number of anilines is 1. The molecule has 7 heteroatoms. The molecule has 0 saturated heterocycles. The first-order valence-electron chi connectivity index (χ1n) is 8.03. The first-order chi connectivity index (χ1) is 11.3. The van der Waals surface area contributed by atoms with Gasteiger partial charge in [-0.05, 0) is 59.2 Å². The summed E-state index contributed by atoms with van der Waals surface area (Å²) in [4.78, 5) is 24.5. The lowest BCUT2D eigenvalue weighted by molar-refractivity contribution is -0.157. The fraction of sp³-hybridized carbons (Fsp3) is 0.556. The van der Waals surface area contributed by atoms with Crippen LogP contribution in [-0.4, -0.2) is 29.3 Å². The summed E-state index contributed by atoms with van der Waals surface area (Å²) in [5, 5.41) is 2.96. The fourth-order valence-corrected chi connectivity index (χ4v) is 2.15. The van der Waals surface area contributed by atoms with Crippen LogP contribution in [0.3, 0.4) is 0 Å². The molecule has 1 atom stereocenters. The van der Waals surface area contributed by atoms with E-state index < -0.39 is 29.3 Å². The van der Waals surface area contributed by atoms with Gasteiger partial charge < -0.3 is 20.5 Å². The Labute approximate surface area is 154 Å². The number of hydrogen-bond acceptors (Lipinski definition) is 5. The Bertz CT molecular complexity index is 633. The highest BCUT2D eigenvalue weighted by molar-refractivity contribution is 6.33. The highest BCUT2D eigenvalue weighted by Gasteiger charge is 2.29. The molecule has 0 aromatic heterocycles. The van der Waals surface area contributed by atoms with Crippen LogP contribution in [0, 0.1) is 0 Å². The molecule has 0 radical (unpaired) electrons. The average molecular weight is 371 g/mol. The van der Waals surface area contributed by atoms with Crippen LogP contribution in [0.4, 0.5) is 10.5 Å². The van der Waals surface area contributed by atoms with Gasteiger partial charge in [0.15, 0.2) is 0 Å². The van der Waals surface area contributed by atoms with Gasteiger partial charge in [0.1, 0.15) is 17.2 Å². The molecule has 0 unspecified atom stereocenters. The van der Waals surface area contributed by atoms with Gasteiger partial charge in [0.25, 0.3) is 0 Å². The number of alkyl carbamates (subject to hydrolysis) is 1. The van der Waals surface area contributed by atoms with E-state index in [0.717, 1.165) is 5.56 Å². The molecule has 0 fully saturated rings. The van der Waals surface area contributed by atoms with Gasteiger partial charge >= 0.3 is 12.1 Å². The zero-order valence-corrected chi connectivity index (χ0v) is 16.4. The Balaban J connectivity index is 2.95. The summed E-state index contributed by atoms with van der Waals surface area (Å²) >= 11 is 6.02. The first-order valence-corrected chi connectivity index (χ1v) is 8.41. The van der Waals surface area contributed by atoms with Crippen LogP contribution in [0.15, 0.2) is 18.2 Å². The number of ether oxygens (including phenoxy) is 2. The van der Waals surface area contributed by atoms with Crippen LogP contribution in [0.25, 0.3) is 0 Å². The van der Waals surface area contributed by atoms with Crippen molar-refractivity contribution < 1.29 is 19.1 Å². The molecule has 1 amide bonds. The molecule has 0 aliphatic rings. The van der Waals surface area contributed by atoms with Crippen LogP contribution < -0.4 is 11.1 Å². The number of halogens is 1. The number of benzene rings is 1. The number of nitrogens with two attached hydrogens (primary N) is 1. The van der Waals surface area contributed by atoms with Gasteiger partial charge in [-0.2, -0.15) is 0 Å². The SMILES string of the molecule is CC(C)(C)OC(=O)N[C@@H](Cc1ccc(N)c(Cl)c1)C(=O)OC(C)(C)C. The number of amides is 1. The molecule has 0 saturated carbocycles. The molecular formula is C18H27ClN2O4. The Hall–Kier alpha value is -1.95. The maximum Gasteiger partial charge on any atom is 0.408 e. The molecule has 3 N–H and O–H groups in total. The zero-order chi connectivity index (χ0) is 19.4. The van der Waals surface area contributed by atoms with Crippen LogP contribution in [-0.2, 0) is 20.7 Å². The summed E-state index contributed by atoms with van der Waals surface area (Å²) < 4.78 is 10.6. The van der Waals surface area contributed by atoms with Crippen LogP contribution in [0.1, 0.15) is 47.1 Å². The predicted molar refractivity (Wildman–Crippen MR) is 98.6 cm³/mol. The van der Waals surface area contributed by atoms with E-state index in [2.05, 4.69) is 5.32 Å². The number of hydrogen-bond donors (Lipinski definition) is 2. The van der Waals surface area contributed by atoms with E-state index in [0.29, 0.717) is 10.7 Å². The minimum atomic E-state index is -0.909. The largest absolute Gasteiger partial charge is 0.458 e. The van der Waals surface area contributed by atoms with Crippen molar-refractivity contribution in [2.24, 2.45) is 0 Å². The summed E-state index contributed by atoms with van der Waals surface area (Å²) in [7, 11) is 0. The van der Waals surface area contributed by atoms with E-state index >= 15 is 0 Å². The fourth-order valence-electron chi connectivity index (χ4n) is 1.95. The van der Waals surface area contributed by atoms with Gasteiger partial charge in [-0.25, -0.2) is 9.59 Å². The maximum atomic E-state index is 12.5. The zero-order valence-electron chi connectivity index (χ0n) is 15.6. The van der Waals surface area contributed by atoms with Crippen molar-refractivity contribution in [3.63, 3.8) is 0 Å². The quantitative estimate of drug-likeness (QED) is 0.623. The summed E-state index contributed by atoms with van der Waals surface area (Å²) in [6, 6.07) is 4.14. The van der Waals surface area contributed by atoms with Gasteiger partial charge in [-0.3, -0.25) is 0 Å². The van der Waals surface area contributed by atoms with Crippen molar-refractivity contribution in [2.45, 2.75) is 65.2 Å². The van der Waals surface area contributed by atoms with Gasteiger partial charge in [0.05, 0.1) is 10.7 Å². The molecule has 25 heavy (non-hydrogen) atoms. The third-order valence-electron chi connectivity index (χ3n) is 2.89. The number of nitrogens with one attached hydrogen (secondary N) is 1.